The molecule has 0 fully saturated rings. The Morgan fingerprint density at radius 1 is 1.60 bits per heavy atom. The van der Waals surface area contributed by atoms with Crippen molar-refractivity contribution in [2.75, 3.05) is 0 Å². The first-order valence-electron chi connectivity index (χ1n) is 3.24. The summed E-state index contributed by atoms with van der Waals surface area (Å²) in [5, 5.41) is 9.35. The van der Waals surface area contributed by atoms with Gasteiger partial charge in [-0.25, -0.2) is 0 Å². The Hall–Kier alpha value is -0.630. The lowest BCUT2D eigenvalue weighted by Gasteiger charge is -2.19. The first kappa shape index (κ1) is 9.37. The van der Waals surface area contributed by atoms with Crippen LogP contribution < -0.4 is 0 Å². The highest BCUT2D eigenvalue weighted by atomic mass is 16.3. The van der Waals surface area contributed by atoms with Gasteiger partial charge in [-0.1, -0.05) is 5.57 Å². The van der Waals surface area contributed by atoms with Crippen molar-refractivity contribution in [2.45, 2.75) is 32.8 Å². The SMILES string of the molecule is C=C(C)CC(C)(O)C(C)=O. The second-order valence-corrected chi connectivity index (χ2v) is 2.96. The lowest BCUT2D eigenvalue weighted by Crippen LogP contribution is -2.32. The fourth-order valence-corrected chi connectivity index (χ4v) is 0.712. The van der Waals surface area contributed by atoms with Crippen LogP contribution in [0.15, 0.2) is 12.2 Å². The summed E-state index contributed by atoms with van der Waals surface area (Å²) >= 11 is 0. The van der Waals surface area contributed by atoms with Gasteiger partial charge in [0, 0.05) is 6.42 Å². The smallest absolute Gasteiger partial charge is 0.161 e. The molecular weight excluding hydrogens is 128 g/mol. The van der Waals surface area contributed by atoms with E-state index in [1.807, 2.05) is 0 Å². The van der Waals surface area contributed by atoms with Crippen LogP contribution >= 0.6 is 0 Å². The highest BCUT2D eigenvalue weighted by Crippen LogP contribution is 2.14. The fraction of sp³-hybridized carbons (Fsp3) is 0.625. The number of carbonyl (C=O) groups excluding carboxylic acids is 1. The average molecular weight is 142 g/mol. The molecule has 0 amide bonds. The minimum Gasteiger partial charge on any atom is -0.382 e. The monoisotopic (exact) mass is 142 g/mol. The third-order valence-corrected chi connectivity index (χ3v) is 1.40. The highest BCUT2D eigenvalue weighted by Gasteiger charge is 2.25. The Balaban J connectivity index is 4.13. The normalized spacial score (nSPS) is 16.0. The number of ketones is 1. The molecule has 0 heterocycles. The lowest BCUT2D eigenvalue weighted by atomic mass is 9.94. The number of rotatable bonds is 3. The van der Waals surface area contributed by atoms with E-state index in [9.17, 15) is 9.90 Å². The van der Waals surface area contributed by atoms with E-state index in [0.717, 1.165) is 5.57 Å². The Morgan fingerprint density at radius 3 is 2.10 bits per heavy atom. The van der Waals surface area contributed by atoms with Crippen molar-refractivity contribution < 1.29 is 9.90 Å². The maximum Gasteiger partial charge on any atom is 0.161 e. The zero-order valence-electron chi connectivity index (χ0n) is 6.77. The predicted molar refractivity (Wildman–Crippen MR) is 40.7 cm³/mol. The molecule has 58 valence electrons. The summed E-state index contributed by atoms with van der Waals surface area (Å²) in [5.41, 5.74) is -0.397. The first-order chi connectivity index (χ1) is 4.36. The van der Waals surface area contributed by atoms with Crippen LogP contribution in [0.4, 0.5) is 0 Å². The van der Waals surface area contributed by atoms with Crippen LogP contribution in [-0.2, 0) is 4.79 Å². The molecule has 2 heteroatoms. The van der Waals surface area contributed by atoms with Gasteiger partial charge in [0.25, 0.3) is 0 Å². The van der Waals surface area contributed by atoms with Gasteiger partial charge in [0.15, 0.2) is 5.78 Å². The Labute approximate surface area is 61.6 Å². The minimum atomic E-state index is -1.22. The molecule has 0 bridgehead atoms. The first-order valence-corrected chi connectivity index (χ1v) is 3.24. The second-order valence-electron chi connectivity index (χ2n) is 2.96. The van der Waals surface area contributed by atoms with Gasteiger partial charge in [-0.3, -0.25) is 4.79 Å². The third-order valence-electron chi connectivity index (χ3n) is 1.40. The molecule has 0 aliphatic heterocycles. The molecule has 0 saturated heterocycles. The van der Waals surface area contributed by atoms with Gasteiger partial charge >= 0.3 is 0 Å². The molecule has 0 saturated carbocycles. The molecule has 10 heavy (non-hydrogen) atoms. The number of carbonyl (C=O) groups is 1. The van der Waals surface area contributed by atoms with Gasteiger partial charge in [-0.2, -0.15) is 0 Å². The van der Waals surface area contributed by atoms with Gasteiger partial charge < -0.3 is 5.11 Å². The maximum absolute atomic E-state index is 10.7. The largest absolute Gasteiger partial charge is 0.382 e. The molecule has 0 aliphatic rings. The average Bonchev–Trinajstić information content (AvgIpc) is 1.60. The molecule has 0 aromatic heterocycles. The van der Waals surface area contributed by atoms with E-state index < -0.39 is 5.60 Å². The van der Waals surface area contributed by atoms with Crippen LogP contribution in [0.1, 0.15) is 27.2 Å². The van der Waals surface area contributed by atoms with Crippen molar-refractivity contribution in [1.82, 2.24) is 0 Å². The Morgan fingerprint density at radius 2 is 2.00 bits per heavy atom. The lowest BCUT2D eigenvalue weighted by molar-refractivity contribution is -0.133. The van der Waals surface area contributed by atoms with Crippen molar-refractivity contribution in [3.05, 3.63) is 12.2 Å². The van der Waals surface area contributed by atoms with E-state index in [2.05, 4.69) is 6.58 Å². The highest BCUT2D eigenvalue weighted by molar-refractivity contribution is 5.84. The fourth-order valence-electron chi connectivity index (χ4n) is 0.712. The van der Waals surface area contributed by atoms with Gasteiger partial charge in [-0.15, -0.1) is 6.58 Å². The molecular formula is C8H14O2. The van der Waals surface area contributed by atoms with Crippen LogP contribution in [-0.4, -0.2) is 16.5 Å². The predicted octanol–water partition coefficient (Wildman–Crippen LogP) is 1.29. The Kier molecular flexibility index (Phi) is 2.78. The van der Waals surface area contributed by atoms with Crippen molar-refractivity contribution >= 4 is 5.78 Å². The van der Waals surface area contributed by atoms with Gasteiger partial charge in [0.1, 0.15) is 5.60 Å². The standard InChI is InChI=1S/C8H14O2/c1-6(2)5-8(4,10)7(3)9/h10H,1,5H2,2-4H3. The molecule has 1 N–H and O–H groups in total. The summed E-state index contributed by atoms with van der Waals surface area (Å²) in [6.07, 6.45) is 0.350. The summed E-state index contributed by atoms with van der Waals surface area (Å²) in [7, 11) is 0. The zero-order chi connectivity index (χ0) is 8.36. The van der Waals surface area contributed by atoms with E-state index in [-0.39, 0.29) is 5.78 Å². The summed E-state index contributed by atoms with van der Waals surface area (Å²) in [6.45, 7) is 8.28. The molecule has 0 aromatic rings. The van der Waals surface area contributed by atoms with Crippen LogP contribution in [0.25, 0.3) is 0 Å². The summed E-state index contributed by atoms with van der Waals surface area (Å²) in [5.74, 6) is -0.212. The van der Waals surface area contributed by atoms with E-state index in [4.69, 9.17) is 0 Å². The minimum absolute atomic E-state index is 0.212. The summed E-state index contributed by atoms with van der Waals surface area (Å²) < 4.78 is 0. The quantitative estimate of drug-likeness (QED) is 0.603. The number of Topliss-reactive ketones (excluding diaryl/α,β-unsaturated/α-hetero) is 1. The van der Waals surface area contributed by atoms with E-state index >= 15 is 0 Å². The number of aliphatic hydroxyl groups is 1. The van der Waals surface area contributed by atoms with E-state index in [0.29, 0.717) is 6.42 Å². The maximum atomic E-state index is 10.7. The molecule has 0 radical (unpaired) electrons. The van der Waals surface area contributed by atoms with E-state index in [1.165, 1.54) is 13.8 Å². The third kappa shape index (κ3) is 2.78. The topological polar surface area (TPSA) is 37.3 Å². The molecule has 2 nitrogen and oxygen atoms in total. The Bertz CT molecular complexity index is 157. The molecule has 0 aromatic carbocycles. The van der Waals surface area contributed by atoms with Crippen molar-refractivity contribution in [3.8, 4) is 0 Å². The second kappa shape index (κ2) is 2.97. The molecule has 1 unspecified atom stereocenters. The van der Waals surface area contributed by atoms with Crippen molar-refractivity contribution in [3.63, 3.8) is 0 Å². The molecule has 0 rings (SSSR count). The van der Waals surface area contributed by atoms with Crippen LogP contribution in [0, 0.1) is 0 Å². The molecule has 1 atom stereocenters. The number of hydrogen-bond donors (Lipinski definition) is 1. The van der Waals surface area contributed by atoms with Crippen LogP contribution in [0.5, 0.6) is 0 Å². The van der Waals surface area contributed by atoms with Crippen molar-refractivity contribution in [1.29, 1.82) is 0 Å². The van der Waals surface area contributed by atoms with Crippen LogP contribution in [0.2, 0.25) is 0 Å². The van der Waals surface area contributed by atoms with Crippen molar-refractivity contribution in [2.24, 2.45) is 0 Å². The summed E-state index contributed by atoms with van der Waals surface area (Å²) in [6, 6.07) is 0. The van der Waals surface area contributed by atoms with Gasteiger partial charge in [-0.05, 0) is 20.8 Å². The van der Waals surface area contributed by atoms with Crippen LogP contribution in [0.3, 0.4) is 0 Å². The summed E-state index contributed by atoms with van der Waals surface area (Å²) in [4.78, 5) is 10.7. The van der Waals surface area contributed by atoms with E-state index in [1.54, 1.807) is 6.92 Å². The molecule has 0 aliphatic carbocycles. The zero-order valence-corrected chi connectivity index (χ0v) is 6.77. The van der Waals surface area contributed by atoms with Gasteiger partial charge in [0.2, 0.25) is 0 Å². The molecule has 0 spiro atoms. The van der Waals surface area contributed by atoms with Gasteiger partial charge in [0.05, 0.1) is 0 Å². The number of hydrogen-bond acceptors (Lipinski definition) is 2.